The average Bonchev–Trinajstić information content (AvgIpc) is 3.08. The molecule has 1 aromatic heterocycles. The minimum absolute atomic E-state index is 0.382. The molecule has 90 valence electrons. The summed E-state index contributed by atoms with van der Waals surface area (Å²) < 4.78 is 0. The molecule has 1 atom stereocenters. The summed E-state index contributed by atoms with van der Waals surface area (Å²) >= 11 is 5.97. The van der Waals surface area contributed by atoms with Crippen molar-refractivity contribution in [3.8, 4) is 0 Å². The van der Waals surface area contributed by atoms with Crippen LogP contribution in [0.5, 0.6) is 0 Å². The number of rotatable bonds is 4. The molecule has 0 amide bonds. The van der Waals surface area contributed by atoms with E-state index in [0.29, 0.717) is 6.04 Å². The molecule has 3 rings (SSSR count). The molecule has 1 fully saturated rings. The summed E-state index contributed by atoms with van der Waals surface area (Å²) in [6, 6.07) is 6.39. The average molecular weight is 249 g/mol. The minimum atomic E-state index is 0.382. The first-order valence-corrected chi connectivity index (χ1v) is 6.63. The normalized spacial score (nSPS) is 17.5. The highest BCUT2D eigenvalue weighted by Gasteiger charge is 2.27. The van der Waals surface area contributed by atoms with Gasteiger partial charge in [0, 0.05) is 28.2 Å². The Morgan fingerprint density at radius 1 is 1.41 bits per heavy atom. The van der Waals surface area contributed by atoms with Crippen LogP contribution >= 0.6 is 11.6 Å². The summed E-state index contributed by atoms with van der Waals surface area (Å²) in [7, 11) is 0. The largest absolute Gasteiger partial charge is 0.361 e. The van der Waals surface area contributed by atoms with Crippen LogP contribution in [0.25, 0.3) is 10.9 Å². The van der Waals surface area contributed by atoms with Gasteiger partial charge in [0.1, 0.15) is 0 Å². The Bertz CT molecular complexity index is 528. The van der Waals surface area contributed by atoms with Gasteiger partial charge in [0.15, 0.2) is 0 Å². The van der Waals surface area contributed by atoms with Crippen LogP contribution in [0.3, 0.4) is 0 Å². The smallest absolute Gasteiger partial charge is 0.0471 e. The first-order valence-electron chi connectivity index (χ1n) is 6.25. The zero-order chi connectivity index (χ0) is 11.8. The summed E-state index contributed by atoms with van der Waals surface area (Å²) in [4.78, 5) is 3.27. The fourth-order valence-corrected chi connectivity index (χ4v) is 2.62. The van der Waals surface area contributed by atoms with Gasteiger partial charge in [-0.3, -0.25) is 0 Å². The molecule has 1 heterocycles. The molecule has 1 unspecified atom stereocenters. The van der Waals surface area contributed by atoms with Crippen LogP contribution in [0, 0.1) is 5.92 Å². The molecule has 2 aromatic rings. The van der Waals surface area contributed by atoms with Crippen molar-refractivity contribution in [3.63, 3.8) is 0 Å². The van der Waals surface area contributed by atoms with E-state index in [1.54, 1.807) is 0 Å². The van der Waals surface area contributed by atoms with Gasteiger partial charge < -0.3 is 10.7 Å². The predicted molar refractivity (Wildman–Crippen MR) is 72.3 cm³/mol. The third-order valence-corrected chi connectivity index (χ3v) is 3.94. The van der Waals surface area contributed by atoms with Crippen molar-refractivity contribution < 1.29 is 0 Å². The second-order valence-electron chi connectivity index (χ2n) is 5.04. The Labute approximate surface area is 106 Å². The third kappa shape index (κ3) is 2.33. The lowest BCUT2D eigenvalue weighted by Crippen LogP contribution is -2.22. The lowest BCUT2D eigenvalue weighted by atomic mass is 10.0. The number of nitrogens with one attached hydrogen (secondary N) is 1. The molecule has 1 aliphatic rings. The number of halogens is 1. The number of aromatic amines is 1. The van der Waals surface area contributed by atoms with E-state index in [1.165, 1.54) is 23.8 Å². The van der Waals surface area contributed by atoms with E-state index >= 15 is 0 Å². The van der Waals surface area contributed by atoms with Gasteiger partial charge in [0.2, 0.25) is 0 Å². The van der Waals surface area contributed by atoms with E-state index < -0.39 is 0 Å². The van der Waals surface area contributed by atoms with Gasteiger partial charge in [-0.2, -0.15) is 0 Å². The highest BCUT2D eigenvalue weighted by molar-refractivity contribution is 6.31. The molecule has 0 saturated heterocycles. The molecule has 2 nitrogen and oxygen atoms in total. The molecule has 1 aliphatic carbocycles. The van der Waals surface area contributed by atoms with Gasteiger partial charge in [-0.25, -0.2) is 0 Å². The van der Waals surface area contributed by atoms with Crippen molar-refractivity contribution in [1.82, 2.24) is 4.98 Å². The molecular weight excluding hydrogens is 232 g/mol. The fourth-order valence-electron chi connectivity index (χ4n) is 2.45. The number of aryl methyl sites for hydroxylation is 1. The molecule has 0 aliphatic heterocycles. The number of fused-ring (bicyclic) bond motifs is 1. The van der Waals surface area contributed by atoms with Crippen LogP contribution in [-0.2, 0) is 6.42 Å². The quantitative estimate of drug-likeness (QED) is 0.855. The first-order chi connectivity index (χ1) is 8.24. The Morgan fingerprint density at radius 3 is 3.00 bits per heavy atom. The van der Waals surface area contributed by atoms with Crippen LogP contribution < -0.4 is 5.73 Å². The van der Waals surface area contributed by atoms with Crippen molar-refractivity contribution in [3.05, 3.63) is 35.0 Å². The topological polar surface area (TPSA) is 41.8 Å². The molecule has 0 radical (unpaired) electrons. The van der Waals surface area contributed by atoms with Gasteiger partial charge >= 0.3 is 0 Å². The molecule has 3 heteroatoms. The summed E-state index contributed by atoms with van der Waals surface area (Å²) in [5, 5.41) is 2.05. The van der Waals surface area contributed by atoms with E-state index in [1.807, 2.05) is 12.1 Å². The maximum atomic E-state index is 6.13. The van der Waals surface area contributed by atoms with Crippen molar-refractivity contribution in [2.75, 3.05) is 0 Å². The van der Waals surface area contributed by atoms with Crippen LogP contribution in [0.15, 0.2) is 24.4 Å². The van der Waals surface area contributed by atoms with Gasteiger partial charge in [-0.15, -0.1) is 0 Å². The van der Waals surface area contributed by atoms with E-state index in [-0.39, 0.29) is 0 Å². The first kappa shape index (κ1) is 11.1. The maximum absolute atomic E-state index is 6.13. The second-order valence-corrected chi connectivity index (χ2v) is 5.48. The standard InChI is InChI=1S/C14H17ClN2/c15-11-4-5-12-10(8-17-14(12)7-11)3-6-13(16)9-1-2-9/h4-5,7-9,13,17H,1-3,6,16H2. The Morgan fingerprint density at radius 2 is 2.24 bits per heavy atom. The Balaban J connectivity index is 1.76. The van der Waals surface area contributed by atoms with E-state index in [0.717, 1.165) is 29.3 Å². The van der Waals surface area contributed by atoms with Crippen LogP contribution in [0.1, 0.15) is 24.8 Å². The summed E-state index contributed by atoms with van der Waals surface area (Å²) in [6.07, 6.45) is 6.87. The third-order valence-electron chi connectivity index (χ3n) is 3.70. The van der Waals surface area contributed by atoms with E-state index in [4.69, 9.17) is 17.3 Å². The number of hydrogen-bond acceptors (Lipinski definition) is 1. The fraction of sp³-hybridized carbons (Fsp3) is 0.429. The Hall–Kier alpha value is -0.990. The number of benzene rings is 1. The summed E-state index contributed by atoms with van der Waals surface area (Å²) in [6.45, 7) is 0. The number of hydrogen-bond donors (Lipinski definition) is 2. The zero-order valence-electron chi connectivity index (χ0n) is 9.75. The maximum Gasteiger partial charge on any atom is 0.0471 e. The zero-order valence-corrected chi connectivity index (χ0v) is 10.5. The van der Waals surface area contributed by atoms with Crippen LogP contribution in [0.2, 0.25) is 5.02 Å². The van der Waals surface area contributed by atoms with E-state index in [2.05, 4.69) is 17.2 Å². The predicted octanol–water partition coefficient (Wildman–Crippen LogP) is 3.49. The van der Waals surface area contributed by atoms with Crippen molar-refractivity contribution in [1.29, 1.82) is 0 Å². The monoisotopic (exact) mass is 248 g/mol. The molecule has 1 saturated carbocycles. The van der Waals surface area contributed by atoms with Gasteiger partial charge in [-0.05, 0) is 49.3 Å². The lowest BCUT2D eigenvalue weighted by molar-refractivity contribution is 0.551. The molecule has 17 heavy (non-hydrogen) atoms. The highest BCUT2D eigenvalue weighted by atomic mass is 35.5. The highest BCUT2D eigenvalue weighted by Crippen LogP contribution is 2.33. The second kappa shape index (κ2) is 4.35. The number of H-pyrrole nitrogens is 1. The molecule has 3 N–H and O–H groups in total. The Kier molecular flexibility index (Phi) is 2.85. The van der Waals surface area contributed by atoms with Crippen molar-refractivity contribution in [2.24, 2.45) is 11.7 Å². The number of nitrogens with two attached hydrogens (primary N) is 1. The van der Waals surface area contributed by atoms with Gasteiger partial charge in [-0.1, -0.05) is 17.7 Å². The van der Waals surface area contributed by atoms with Crippen LogP contribution in [0.4, 0.5) is 0 Å². The molecule has 0 spiro atoms. The summed E-state index contributed by atoms with van der Waals surface area (Å²) in [5.74, 6) is 0.787. The van der Waals surface area contributed by atoms with Gasteiger partial charge in [0.25, 0.3) is 0 Å². The summed E-state index contributed by atoms with van der Waals surface area (Å²) in [5.41, 5.74) is 8.60. The van der Waals surface area contributed by atoms with Gasteiger partial charge in [0.05, 0.1) is 0 Å². The molecular formula is C14H17ClN2. The lowest BCUT2D eigenvalue weighted by Gasteiger charge is -2.08. The SMILES string of the molecule is NC(CCc1c[nH]c2cc(Cl)ccc12)C1CC1. The van der Waals surface area contributed by atoms with Crippen molar-refractivity contribution >= 4 is 22.5 Å². The van der Waals surface area contributed by atoms with Crippen LogP contribution in [-0.4, -0.2) is 11.0 Å². The molecule has 0 bridgehead atoms. The number of aromatic nitrogens is 1. The molecule has 1 aromatic carbocycles. The van der Waals surface area contributed by atoms with Crippen molar-refractivity contribution in [2.45, 2.75) is 31.7 Å². The minimum Gasteiger partial charge on any atom is -0.361 e. The van der Waals surface area contributed by atoms with E-state index in [9.17, 15) is 0 Å².